The first-order valence-electron chi connectivity index (χ1n) is 5.99. The van der Waals surface area contributed by atoms with Crippen molar-refractivity contribution in [3.63, 3.8) is 0 Å². The zero-order chi connectivity index (χ0) is 13.8. The van der Waals surface area contributed by atoms with Gasteiger partial charge in [-0.2, -0.15) is 5.26 Å². The fourth-order valence-corrected chi connectivity index (χ4v) is 2.27. The van der Waals surface area contributed by atoms with E-state index in [1.54, 1.807) is 12.1 Å². The average Bonchev–Trinajstić information content (AvgIpc) is 2.42. The molecule has 3 nitrogen and oxygen atoms in total. The van der Waals surface area contributed by atoms with Crippen LogP contribution in [0.3, 0.4) is 0 Å². The summed E-state index contributed by atoms with van der Waals surface area (Å²) in [6.07, 6.45) is 0.932. The van der Waals surface area contributed by atoms with Gasteiger partial charge in [0, 0.05) is 21.5 Å². The van der Waals surface area contributed by atoms with Crippen LogP contribution in [0.1, 0.15) is 18.1 Å². The molecule has 96 valence electrons. The predicted molar refractivity (Wildman–Crippen MR) is 82.4 cm³/mol. The van der Waals surface area contributed by atoms with Crippen molar-refractivity contribution in [2.45, 2.75) is 13.3 Å². The number of nitrogen functional groups attached to an aromatic ring is 1. The Morgan fingerprint density at radius 2 is 2.05 bits per heavy atom. The van der Waals surface area contributed by atoms with Crippen molar-refractivity contribution < 1.29 is 0 Å². The Kier molecular flexibility index (Phi) is 4.08. The van der Waals surface area contributed by atoms with Gasteiger partial charge in [0.05, 0.1) is 5.56 Å². The van der Waals surface area contributed by atoms with Crippen LogP contribution in [0, 0.1) is 11.3 Å². The highest BCUT2D eigenvalue weighted by Crippen LogP contribution is 2.26. The van der Waals surface area contributed by atoms with E-state index in [2.05, 4.69) is 40.3 Å². The summed E-state index contributed by atoms with van der Waals surface area (Å²) >= 11 is 3.47. The molecular formula is C15H14BrN3. The number of rotatable bonds is 3. The SMILES string of the molecule is CCc1cc(Br)ccc1Nc1ccc(N)c(C#N)c1. The minimum absolute atomic E-state index is 0.486. The summed E-state index contributed by atoms with van der Waals surface area (Å²) in [6.45, 7) is 2.11. The lowest BCUT2D eigenvalue weighted by Crippen LogP contribution is -1.97. The van der Waals surface area contributed by atoms with E-state index in [-0.39, 0.29) is 0 Å². The summed E-state index contributed by atoms with van der Waals surface area (Å²) in [5.74, 6) is 0. The maximum Gasteiger partial charge on any atom is 0.101 e. The number of hydrogen-bond donors (Lipinski definition) is 2. The molecule has 0 unspecified atom stereocenters. The van der Waals surface area contributed by atoms with Gasteiger partial charge in [-0.05, 0) is 48.4 Å². The predicted octanol–water partition coefficient (Wildman–Crippen LogP) is 4.21. The van der Waals surface area contributed by atoms with E-state index >= 15 is 0 Å². The molecule has 0 heterocycles. The molecule has 0 radical (unpaired) electrons. The second-order valence-corrected chi connectivity index (χ2v) is 5.11. The molecule has 0 aliphatic heterocycles. The highest BCUT2D eigenvalue weighted by atomic mass is 79.9. The summed E-state index contributed by atoms with van der Waals surface area (Å²) in [5.41, 5.74) is 9.82. The third-order valence-corrected chi connectivity index (χ3v) is 3.39. The Morgan fingerprint density at radius 3 is 2.74 bits per heavy atom. The lowest BCUT2D eigenvalue weighted by atomic mass is 10.1. The van der Waals surface area contributed by atoms with Crippen LogP contribution < -0.4 is 11.1 Å². The lowest BCUT2D eigenvalue weighted by Gasteiger charge is -2.12. The number of aryl methyl sites for hydroxylation is 1. The molecule has 0 aliphatic rings. The van der Waals surface area contributed by atoms with Crippen LogP contribution in [-0.4, -0.2) is 0 Å². The fourth-order valence-electron chi connectivity index (χ4n) is 1.86. The molecule has 0 saturated heterocycles. The molecule has 0 saturated carbocycles. The Labute approximate surface area is 121 Å². The van der Waals surface area contributed by atoms with Gasteiger partial charge in [-0.15, -0.1) is 0 Å². The standard InChI is InChI=1S/C15H14BrN3/c1-2-10-7-12(16)3-6-15(10)19-13-4-5-14(18)11(8-13)9-17/h3-8,19H,2,18H2,1H3. The van der Waals surface area contributed by atoms with Crippen molar-refractivity contribution in [1.29, 1.82) is 5.26 Å². The molecule has 0 fully saturated rings. The molecule has 2 aromatic carbocycles. The maximum absolute atomic E-state index is 8.98. The largest absolute Gasteiger partial charge is 0.398 e. The second-order valence-electron chi connectivity index (χ2n) is 4.19. The van der Waals surface area contributed by atoms with Gasteiger partial charge in [0.15, 0.2) is 0 Å². The second kappa shape index (κ2) is 5.77. The van der Waals surface area contributed by atoms with Crippen LogP contribution in [-0.2, 0) is 6.42 Å². The molecule has 0 spiro atoms. The van der Waals surface area contributed by atoms with E-state index in [0.717, 1.165) is 22.3 Å². The summed E-state index contributed by atoms with van der Waals surface area (Å²) in [5, 5.41) is 12.3. The van der Waals surface area contributed by atoms with Crippen LogP contribution >= 0.6 is 15.9 Å². The van der Waals surface area contributed by atoms with Crippen LogP contribution in [0.4, 0.5) is 17.1 Å². The minimum Gasteiger partial charge on any atom is -0.398 e. The number of benzene rings is 2. The fraction of sp³-hybridized carbons (Fsp3) is 0.133. The normalized spacial score (nSPS) is 9.95. The molecule has 2 aromatic rings. The zero-order valence-electron chi connectivity index (χ0n) is 10.6. The van der Waals surface area contributed by atoms with Gasteiger partial charge in [0.2, 0.25) is 0 Å². The lowest BCUT2D eigenvalue weighted by molar-refractivity contribution is 1.14. The quantitative estimate of drug-likeness (QED) is 0.834. The first kappa shape index (κ1) is 13.4. The smallest absolute Gasteiger partial charge is 0.101 e. The number of anilines is 3. The molecule has 0 amide bonds. The summed E-state index contributed by atoms with van der Waals surface area (Å²) < 4.78 is 1.06. The van der Waals surface area contributed by atoms with Crippen molar-refractivity contribution in [2.75, 3.05) is 11.1 Å². The Morgan fingerprint density at radius 1 is 1.26 bits per heavy atom. The third kappa shape index (κ3) is 3.07. The molecule has 19 heavy (non-hydrogen) atoms. The van der Waals surface area contributed by atoms with Gasteiger partial charge in [0.1, 0.15) is 6.07 Å². The number of nitriles is 1. The topological polar surface area (TPSA) is 61.8 Å². The molecule has 0 aromatic heterocycles. The summed E-state index contributed by atoms with van der Waals surface area (Å²) in [4.78, 5) is 0. The van der Waals surface area contributed by atoms with Gasteiger partial charge in [-0.3, -0.25) is 0 Å². The monoisotopic (exact) mass is 315 g/mol. The van der Waals surface area contributed by atoms with E-state index in [1.165, 1.54) is 5.56 Å². The van der Waals surface area contributed by atoms with E-state index in [4.69, 9.17) is 11.0 Å². The van der Waals surface area contributed by atoms with E-state index in [1.807, 2.05) is 18.2 Å². The third-order valence-electron chi connectivity index (χ3n) is 2.90. The Balaban J connectivity index is 2.34. The number of halogens is 1. The molecular weight excluding hydrogens is 302 g/mol. The zero-order valence-corrected chi connectivity index (χ0v) is 12.2. The van der Waals surface area contributed by atoms with Crippen LogP contribution in [0.25, 0.3) is 0 Å². The van der Waals surface area contributed by atoms with E-state index < -0.39 is 0 Å². The van der Waals surface area contributed by atoms with Crippen molar-refractivity contribution in [3.05, 3.63) is 52.0 Å². The number of nitrogens with zero attached hydrogens (tertiary/aromatic N) is 1. The van der Waals surface area contributed by atoms with E-state index in [0.29, 0.717) is 11.3 Å². The average molecular weight is 316 g/mol. The van der Waals surface area contributed by atoms with Crippen molar-refractivity contribution in [2.24, 2.45) is 0 Å². The van der Waals surface area contributed by atoms with Crippen molar-refractivity contribution in [1.82, 2.24) is 0 Å². The van der Waals surface area contributed by atoms with Gasteiger partial charge in [-0.1, -0.05) is 22.9 Å². The van der Waals surface area contributed by atoms with Gasteiger partial charge >= 0.3 is 0 Å². The minimum atomic E-state index is 0.486. The van der Waals surface area contributed by atoms with Gasteiger partial charge < -0.3 is 11.1 Å². The van der Waals surface area contributed by atoms with Crippen LogP contribution in [0.2, 0.25) is 0 Å². The Bertz CT molecular complexity index is 644. The number of nitrogens with two attached hydrogens (primary N) is 1. The molecule has 2 rings (SSSR count). The molecule has 0 aliphatic carbocycles. The first-order chi connectivity index (χ1) is 9.13. The van der Waals surface area contributed by atoms with Gasteiger partial charge in [-0.25, -0.2) is 0 Å². The number of nitrogens with one attached hydrogen (secondary N) is 1. The maximum atomic E-state index is 8.98. The summed E-state index contributed by atoms with van der Waals surface area (Å²) in [6, 6.07) is 13.6. The van der Waals surface area contributed by atoms with Gasteiger partial charge in [0.25, 0.3) is 0 Å². The van der Waals surface area contributed by atoms with Crippen molar-refractivity contribution in [3.8, 4) is 6.07 Å². The molecule has 3 N–H and O–H groups in total. The number of hydrogen-bond acceptors (Lipinski definition) is 3. The highest BCUT2D eigenvalue weighted by Gasteiger charge is 2.04. The highest BCUT2D eigenvalue weighted by molar-refractivity contribution is 9.10. The first-order valence-corrected chi connectivity index (χ1v) is 6.78. The molecule has 0 atom stereocenters. The van der Waals surface area contributed by atoms with Crippen molar-refractivity contribution >= 4 is 33.0 Å². The Hall–Kier alpha value is -1.99. The van der Waals surface area contributed by atoms with E-state index in [9.17, 15) is 0 Å². The molecule has 0 bridgehead atoms. The molecule has 4 heteroatoms. The van der Waals surface area contributed by atoms with Crippen LogP contribution in [0.5, 0.6) is 0 Å². The van der Waals surface area contributed by atoms with Crippen LogP contribution in [0.15, 0.2) is 40.9 Å². The summed E-state index contributed by atoms with van der Waals surface area (Å²) in [7, 11) is 0.